The average molecular weight is 299 g/mol. The maximum atomic E-state index is 11.6. The molecule has 2 unspecified atom stereocenters. The summed E-state index contributed by atoms with van der Waals surface area (Å²) in [6, 6.07) is 0.481. The van der Waals surface area contributed by atoms with Gasteiger partial charge in [0.2, 0.25) is 0 Å². The highest BCUT2D eigenvalue weighted by atomic mass is 79.9. The topological polar surface area (TPSA) is 61.0 Å². The second-order valence-corrected chi connectivity index (χ2v) is 5.48. The number of anilines is 1. The summed E-state index contributed by atoms with van der Waals surface area (Å²) in [5.41, 5.74) is -0.108. The molecule has 0 aromatic carbocycles. The van der Waals surface area contributed by atoms with Gasteiger partial charge in [-0.05, 0) is 34.7 Å². The van der Waals surface area contributed by atoms with E-state index < -0.39 is 0 Å². The van der Waals surface area contributed by atoms with Crippen LogP contribution in [0.5, 0.6) is 0 Å². The molecule has 6 heteroatoms. The predicted octanol–water partition coefficient (Wildman–Crippen LogP) is 0.721. The summed E-state index contributed by atoms with van der Waals surface area (Å²) >= 11 is 3.34. The Balaban J connectivity index is 1.97. The van der Waals surface area contributed by atoms with E-state index in [0.29, 0.717) is 16.4 Å². The van der Waals surface area contributed by atoms with Crippen molar-refractivity contribution in [3.8, 4) is 0 Å². The van der Waals surface area contributed by atoms with Crippen molar-refractivity contribution in [2.24, 2.45) is 5.92 Å². The monoisotopic (exact) mass is 298 g/mol. The molecule has 17 heavy (non-hydrogen) atoms. The molecule has 0 radical (unpaired) electrons. The van der Waals surface area contributed by atoms with Gasteiger partial charge in [0.05, 0.1) is 6.33 Å². The zero-order valence-corrected chi connectivity index (χ0v) is 11.0. The average Bonchev–Trinajstić information content (AvgIpc) is 2.81. The number of piperidine rings is 1. The maximum Gasteiger partial charge on any atom is 0.267 e. The van der Waals surface area contributed by atoms with Gasteiger partial charge in [0.25, 0.3) is 5.56 Å². The Labute approximate surface area is 108 Å². The van der Waals surface area contributed by atoms with Gasteiger partial charge in [0.1, 0.15) is 4.47 Å². The Hall–Kier alpha value is -0.880. The van der Waals surface area contributed by atoms with Crippen molar-refractivity contribution >= 4 is 21.7 Å². The molecular formula is C11H15BrN4O. The van der Waals surface area contributed by atoms with Crippen molar-refractivity contribution < 1.29 is 0 Å². The molecule has 3 heterocycles. The minimum Gasteiger partial charge on any atom is -0.351 e. The fraction of sp³-hybridized carbons (Fsp3) is 0.636. The first-order valence-corrected chi connectivity index (χ1v) is 6.77. The van der Waals surface area contributed by atoms with Gasteiger partial charge in [-0.1, -0.05) is 0 Å². The Kier molecular flexibility index (Phi) is 2.92. The number of hydrogen-bond donors (Lipinski definition) is 2. The quantitative estimate of drug-likeness (QED) is 0.802. The summed E-state index contributed by atoms with van der Waals surface area (Å²) in [5, 5.41) is 3.43. The molecule has 0 aliphatic carbocycles. The lowest BCUT2D eigenvalue weighted by Gasteiger charge is -2.38. The van der Waals surface area contributed by atoms with E-state index in [2.05, 4.69) is 36.1 Å². The van der Waals surface area contributed by atoms with Gasteiger partial charge in [-0.3, -0.25) is 4.79 Å². The third kappa shape index (κ3) is 1.89. The predicted molar refractivity (Wildman–Crippen MR) is 69.3 cm³/mol. The SMILES string of the molecule is O=c1[nH]cnc(N2CCCC3CNCC32)c1Br. The fourth-order valence-corrected chi connectivity index (χ4v) is 3.35. The summed E-state index contributed by atoms with van der Waals surface area (Å²) in [6.45, 7) is 3.06. The number of hydrogen-bond acceptors (Lipinski definition) is 4. The van der Waals surface area contributed by atoms with Crippen LogP contribution in [0.3, 0.4) is 0 Å². The van der Waals surface area contributed by atoms with Crippen molar-refractivity contribution in [2.75, 3.05) is 24.5 Å². The second-order valence-electron chi connectivity index (χ2n) is 4.69. The van der Waals surface area contributed by atoms with Gasteiger partial charge < -0.3 is 15.2 Å². The van der Waals surface area contributed by atoms with Crippen molar-refractivity contribution in [2.45, 2.75) is 18.9 Å². The van der Waals surface area contributed by atoms with Gasteiger partial charge in [-0.2, -0.15) is 0 Å². The number of nitrogens with zero attached hydrogens (tertiary/aromatic N) is 2. The molecule has 2 aliphatic heterocycles. The van der Waals surface area contributed by atoms with Crippen LogP contribution in [0.25, 0.3) is 0 Å². The Morgan fingerprint density at radius 3 is 3.24 bits per heavy atom. The smallest absolute Gasteiger partial charge is 0.267 e. The minimum absolute atomic E-state index is 0.108. The summed E-state index contributed by atoms with van der Waals surface area (Å²) in [5.74, 6) is 1.48. The molecule has 2 atom stereocenters. The van der Waals surface area contributed by atoms with Gasteiger partial charge in [-0.25, -0.2) is 4.98 Å². The zero-order chi connectivity index (χ0) is 11.8. The van der Waals surface area contributed by atoms with Crippen LogP contribution in [0.4, 0.5) is 5.82 Å². The van der Waals surface area contributed by atoms with Crippen LogP contribution in [0, 0.1) is 5.92 Å². The normalized spacial score (nSPS) is 28.2. The molecule has 1 aromatic rings. The highest BCUT2D eigenvalue weighted by Gasteiger charge is 2.36. The van der Waals surface area contributed by atoms with Crippen LogP contribution in [0.2, 0.25) is 0 Å². The molecule has 2 fully saturated rings. The van der Waals surface area contributed by atoms with E-state index in [1.165, 1.54) is 19.2 Å². The lowest BCUT2D eigenvalue weighted by molar-refractivity contribution is 0.382. The third-order valence-electron chi connectivity index (χ3n) is 3.73. The molecule has 5 nitrogen and oxygen atoms in total. The summed E-state index contributed by atoms with van der Waals surface area (Å²) in [4.78, 5) is 20.8. The Bertz CT molecular complexity index is 475. The molecular weight excluding hydrogens is 284 g/mol. The zero-order valence-electron chi connectivity index (χ0n) is 9.45. The highest BCUT2D eigenvalue weighted by molar-refractivity contribution is 9.10. The van der Waals surface area contributed by atoms with Gasteiger partial charge in [-0.15, -0.1) is 0 Å². The van der Waals surface area contributed by atoms with Crippen molar-refractivity contribution in [1.82, 2.24) is 15.3 Å². The van der Waals surface area contributed by atoms with E-state index in [9.17, 15) is 4.79 Å². The van der Waals surface area contributed by atoms with Crippen molar-refractivity contribution in [3.63, 3.8) is 0 Å². The second kappa shape index (κ2) is 4.42. The first kappa shape index (κ1) is 11.2. The Morgan fingerprint density at radius 2 is 2.35 bits per heavy atom. The van der Waals surface area contributed by atoms with Crippen molar-refractivity contribution in [3.05, 3.63) is 21.2 Å². The van der Waals surface area contributed by atoms with Crippen molar-refractivity contribution in [1.29, 1.82) is 0 Å². The molecule has 2 N–H and O–H groups in total. The molecule has 3 rings (SSSR count). The van der Waals surface area contributed by atoms with E-state index >= 15 is 0 Å². The molecule has 2 aliphatic rings. The van der Waals surface area contributed by atoms with Gasteiger partial charge in [0, 0.05) is 25.7 Å². The standard InChI is InChI=1S/C11H15BrN4O/c12-9-10(14-6-15-11(9)17)16-3-1-2-7-4-13-5-8(7)16/h6-8,13H,1-5H2,(H,14,15,17). The van der Waals surface area contributed by atoms with E-state index in [1.54, 1.807) is 0 Å². The number of rotatable bonds is 1. The van der Waals surface area contributed by atoms with Crippen LogP contribution < -0.4 is 15.8 Å². The first-order valence-electron chi connectivity index (χ1n) is 5.98. The van der Waals surface area contributed by atoms with Crippen LogP contribution in [-0.4, -0.2) is 35.6 Å². The third-order valence-corrected chi connectivity index (χ3v) is 4.44. The molecule has 0 saturated carbocycles. The molecule has 92 valence electrons. The lowest BCUT2D eigenvalue weighted by Crippen LogP contribution is -2.46. The maximum absolute atomic E-state index is 11.6. The van der Waals surface area contributed by atoms with Crippen LogP contribution >= 0.6 is 15.9 Å². The first-order chi connectivity index (χ1) is 8.27. The number of fused-ring (bicyclic) bond motifs is 1. The van der Waals surface area contributed by atoms with Gasteiger partial charge in [0.15, 0.2) is 5.82 Å². The summed E-state index contributed by atoms with van der Waals surface area (Å²) in [6.07, 6.45) is 3.92. The van der Waals surface area contributed by atoms with Gasteiger partial charge >= 0.3 is 0 Å². The number of aromatic nitrogens is 2. The van der Waals surface area contributed by atoms with E-state index in [-0.39, 0.29) is 5.56 Å². The summed E-state index contributed by atoms with van der Waals surface area (Å²) in [7, 11) is 0. The van der Waals surface area contributed by atoms with Crippen LogP contribution in [0.15, 0.2) is 15.6 Å². The number of aromatic amines is 1. The fourth-order valence-electron chi connectivity index (χ4n) is 2.90. The van der Waals surface area contributed by atoms with Crippen LogP contribution in [0.1, 0.15) is 12.8 Å². The van der Waals surface area contributed by atoms with E-state index in [1.807, 2.05) is 0 Å². The van der Waals surface area contributed by atoms with Crippen LogP contribution in [-0.2, 0) is 0 Å². The number of halogens is 1. The lowest BCUT2D eigenvalue weighted by atomic mass is 9.92. The number of H-pyrrole nitrogens is 1. The van der Waals surface area contributed by atoms with E-state index in [0.717, 1.165) is 25.5 Å². The molecule has 1 aromatic heterocycles. The Morgan fingerprint density at radius 1 is 1.47 bits per heavy atom. The highest BCUT2D eigenvalue weighted by Crippen LogP contribution is 2.31. The molecule has 2 saturated heterocycles. The number of nitrogens with one attached hydrogen (secondary N) is 2. The molecule has 0 spiro atoms. The molecule has 0 amide bonds. The molecule has 0 bridgehead atoms. The minimum atomic E-state index is -0.108. The van der Waals surface area contributed by atoms with E-state index in [4.69, 9.17) is 0 Å². The summed E-state index contributed by atoms with van der Waals surface area (Å²) < 4.78 is 0.549. The largest absolute Gasteiger partial charge is 0.351 e.